The maximum absolute atomic E-state index is 12.9. The van der Waals surface area contributed by atoms with Crippen LogP contribution < -0.4 is 5.56 Å². The van der Waals surface area contributed by atoms with Crippen LogP contribution >= 0.6 is 0 Å². The van der Waals surface area contributed by atoms with E-state index < -0.39 is 0 Å². The molecule has 2 aromatic heterocycles. The molecule has 0 saturated carbocycles. The van der Waals surface area contributed by atoms with Crippen molar-refractivity contribution in [2.75, 3.05) is 0 Å². The summed E-state index contributed by atoms with van der Waals surface area (Å²) in [7, 11) is 0. The molecule has 0 aliphatic heterocycles. The number of aromatic nitrogens is 3. The van der Waals surface area contributed by atoms with Gasteiger partial charge in [0.05, 0.1) is 17.6 Å². The van der Waals surface area contributed by atoms with Crippen molar-refractivity contribution >= 4 is 10.9 Å². The summed E-state index contributed by atoms with van der Waals surface area (Å²) in [5.41, 5.74) is 1.43. The summed E-state index contributed by atoms with van der Waals surface area (Å²) in [6.07, 6.45) is 0. The minimum Gasteiger partial charge on any atom is -0.360 e. The molecule has 0 spiro atoms. The van der Waals surface area contributed by atoms with Crippen LogP contribution in [-0.2, 0) is 6.54 Å². The van der Waals surface area contributed by atoms with E-state index in [9.17, 15) is 9.18 Å². The number of aryl methyl sites for hydroxylation is 2. The molecule has 0 bridgehead atoms. The third-order valence-corrected chi connectivity index (χ3v) is 3.18. The predicted molar refractivity (Wildman–Crippen MR) is 71.0 cm³/mol. The van der Waals surface area contributed by atoms with Crippen LogP contribution in [-0.4, -0.2) is 14.9 Å². The Kier molecular flexibility index (Phi) is 2.85. The van der Waals surface area contributed by atoms with E-state index in [0.717, 1.165) is 5.56 Å². The lowest BCUT2D eigenvalue weighted by atomic mass is 10.2. The molecular formula is C14H12FN3O2. The Balaban J connectivity index is 2.10. The highest BCUT2D eigenvalue weighted by molar-refractivity contribution is 5.81. The first-order valence-corrected chi connectivity index (χ1v) is 6.14. The summed E-state index contributed by atoms with van der Waals surface area (Å²) in [5.74, 6) is 0.267. The zero-order chi connectivity index (χ0) is 14.3. The SMILES string of the molecule is Cc1nn(Cc2ccc(F)cc2)c(=O)c2noc(C)c12. The van der Waals surface area contributed by atoms with Crippen molar-refractivity contribution in [1.29, 1.82) is 0 Å². The lowest BCUT2D eigenvalue weighted by Crippen LogP contribution is -2.24. The van der Waals surface area contributed by atoms with Gasteiger partial charge in [0.2, 0.25) is 0 Å². The fraction of sp³-hybridized carbons (Fsp3) is 0.214. The summed E-state index contributed by atoms with van der Waals surface area (Å²) in [4.78, 5) is 12.3. The van der Waals surface area contributed by atoms with Crippen LogP contribution in [0.25, 0.3) is 10.9 Å². The van der Waals surface area contributed by atoms with E-state index in [1.807, 2.05) is 0 Å². The minimum absolute atomic E-state index is 0.266. The quantitative estimate of drug-likeness (QED) is 0.718. The summed E-state index contributed by atoms with van der Waals surface area (Å²) in [5, 5.41) is 8.71. The molecule has 102 valence electrons. The molecule has 3 rings (SSSR count). The number of benzene rings is 1. The van der Waals surface area contributed by atoms with Crippen molar-refractivity contribution in [2.24, 2.45) is 0 Å². The van der Waals surface area contributed by atoms with Gasteiger partial charge in [-0.3, -0.25) is 4.79 Å². The van der Waals surface area contributed by atoms with Gasteiger partial charge in [0, 0.05) is 0 Å². The molecular weight excluding hydrogens is 261 g/mol. The average Bonchev–Trinajstić information content (AvgIpc) is 2.81. The Labute approximate surface area is 113 Å². The number of nitrogens with zero attached hydrogens (tertiary/aromatic N) is 3. The van der Waals surface area contributed by atoms with Crippen molar-refractivity contribution in [1.82, 2.24) is 14.9 Å². The molecule has 0 aliphatic carbocycles. The molecule has 1 aromatic carbocycles. The van der Waals surface area contributed by atoms with Gasteiger partial charge in [-0.2, -0.15) is 5.10 Å². The first kappa shape index (κ1) is 12.5. The van der Waals surface area contributed by atoms with E-state index in [0.29, 0.717) is 16.8 Å². The molecule has 0 atom stereocenters. The van der Waals surface area contributed by atoms with Crippen LogP contribution in [0.2, 0.25) is 0 Å². The number of halogens is 1. The van der Waals surface area contributed by atoms with Gasteiger partial charge >= 0.3 is 0 Å². The highest BCUT2D eigenvalue weighted by atomic mass is 19.1. The normalized spacial score (nSPS) is 11.2. The van der Waals surface area contributed by atoms with Gasteiger partial charge in [-0.1, -0.05) is 17.3 Å². The van der Waals surface area contributed by atoms with E-state index in [2.05, 4.69) is 10.3 Å². The van der Waals surface area contributed by atoms with Crippen molar-refractivity contribution in [3.05, 3.63) is 57.5 Å². The number of hydrogen-bond acceptors (Lipinski definition) is 4. The Morgan fingerprint density at radius 3 is 2.65 bits per heavy atom. The van der Waals surface area contributed by atoms with Gasteiger partial charge in [0.15, 0.2) is 5.52 Å². The predicted octanol–water partition coefficient (Wildman–Crippen LogP) is 2.19. The standard InChI is InChI=1S/C14H12FN3O2/c1-8-12-9(2)20-17-13(12)14(19)18(16-8)7-10-3-5-11(15)6-4-10/h3-6H,7H2,1-2H3. The monoisotopic (exact) mass is 273 g/mol. The highest BCUT2D eigenvalue weighted by Crippen LogP contribution is 2.16. The Bertz CT molecular complexity index is 834. The van der Waals surface area contributed by atoms with E-state index in [1.54, 1.807) is 26.0 Å². The fourth-order valence-corrected chi connectivity index (χ4v) is 2.21. The van der Waals surface area contributed by atoms with Crippen molar-refractivity contribution in [3.63, 3.8) is 0 Å². The van der Waals surface area contributed by atoms with Gasteiger partial charge in [0.25, 0.3) is 5.56 Å². The second-order valence-corrected chi connectivity index (χ2v) is 4.64. The first-order chi connectivity index (χ1) is 9.56. The maximum Gasteiger partial charge on any atom is 0.297 e. The summed E-state index contributed by atoms with van der Waals surface area (Å²) >= 11 is 0. The Morgan fingerprint density at radius 1 is 1.25 bits per heavy atom. The van der Waals surface area contributed by atoms with Crippen LogP contribution in [0.1, 0.15) is 17.0 Å². The molecule has 3 aromatic rings. The molecule has 0 radical (unpaired) electrons. The van der Waals surface area contributed by atoms with Crippen LogP contribution in [0.4, 0.5) is 4.39 Å². The lowest BCUT2D eigenvalue weighted by Gasteiger charge is -2.06. The molecule has 2 heterocycles. The van der Waals surface area contributed by atoms with Crippen LogP contribution in [0.3, 0.4) is 0 Å². The Hall–Kier alpha value is -2.50. The number of rotatable bonds is 2. The third kappa shape index (κ3) is 1.99. The van der Waals surface area contributed by atoms with Gasteiger partial charge < -0.3 is 4.52 Å². The highest BCUT2D eigenvalue weighted by Gasteiger charge is 2.15. The second kappa shape index (κ2) is 4.56. The maximum atomic E-state index is 12.9. The van der Waals surface area contributed by atoms with Crippen molar-refractivity contribution in [3.8, 4) is 0 Å². The van der Waals surface area contributed by atoms with Gasteiger partial charge in [-0.15, -0.1) is 0 Å². The largest absolute Gasteiger partial charge is 0.360 e. The molecule has 6 heteroatoms. The minimum atomic E-state index is -0.313. The molecule has 0 saturated heterocycles. The van der Waals surface area contributed by atoms with Gasteiger partial charge in [-0.25, -0.2) is 9.07 Å². The lowest BCUT2D eigenvalue weighted by molar-refractivity contribution is 0.405. The van der Waals surface area contributed by atoms with E-state index in [-0.39, 0.29) is 23.4 Å². The summed E-state index contributed by atoms with van der Waals surface area (Å²) < 4.78 is 19.2. The third-order valence-electron chi connectivity index (χ3n) is 3.18. The molecule has 0 aliphatic rings. The zero-order valence-electron chi connectivity index (χ0n) is 11.1. The Morgan fingerprint density at radius 2 is 1.95 bits per heavy atom. The van der Waals surface area contributed by atoms with Gasteiger partial charge in [-0.05, 0) is 31.5 Å². The van der Waals surface area contributed by atoms with Crippen molar-refractivity contribution < 1.29 is 8.91 Å². The average molecular weight is 273 g/mol. The van der Waals surface area contributed by atoms with Gasteiger partial charge in [0.1, 0.15) is 11.6 Å². The second-order valence-electron chi connectivity index (χ2n) is 4.64. The summed E-state index contributed by atoms with van der Waals surface area (Å²) in [6.45, 7) is 3.81. The molecule has 0 amide bonds. The van der Waals surface area contributed by atoms with E-state index in [1.165, 1.54) is 16.8 Å². The molecule has 0 unspecified atom stereocenters. The number of fused-ring (bicyclic) bond motifs is 1. The van der Waals surface area contributed by atoms with Crippen LogP contribution in [0, 0.1) is 19.7 Å². The molecule has 0 N–H and O–H groups in total. The van der Waals surface area contributed by atoms with Crippen LogP contribution in [0.5, 0.6) is 0 Å². The summed E-state index contributed by atoms with van der Waals surface area (Å²) in [6, 6.07) is 5.95. The first-order valence-electron chi connectivity index (χ1n) is 6.14. The fourth-order valence-electron chi connectivity index (χ4n) is 2.21. The zero-order valence-corrected chi connectivity index (χ0v) is 11.1. The number of hydrogen-bond donors (Lipinski definition) is 0. The van der Waals surface area contributed by atoms with Crippen molar-refractivity contribution in [2.45, 2.75) is 20.4 Å². The molecule has 5 nitrogen and oxygen atoms in total. The molecule has 0 fully saturated rings. The van der Waals surface area contributed by atoms with E-state index >= 15 is 0 Å². The molecule has 20 heavy (non-hydrogen) atoms. The smallest absolute Gasteiger partial charge is 0.297 e. The van der Waals surface area contributed by atoms with E-state index in [4.69, 9.17) is 4.52 Å². The topological polar surface area (TPSA) is 60.9 Å². The van der Waals surface area contributed by atoms with Crippen LogP contribution in [0.15, 0.2) is 33.6 Å².